The van der Waals surface area contributed by atoms with Crippen molar-refractivity contribution in [2.75, 3.05) is 11.9 Å². The third-order valence-corrected chi connectivity index (χ3v) is 4.17. The molecule has 0 N–H and O–H groups in total. The van der Waals surface area contributed by atoms with E-state index in [2.05, 4.69) is 41.2 Å². The van der Waals surface area contributed by atoms with Gasteiger partial charge in [0.25, 0.3) is 0 Å². The Kier molecular flexibility index (Phi) is 4.71. The molecule has 22 heavy (non-hydrogen) atoms. The molecule has 0 saturated heterocycles. The fourth-order valence-corrected chi connectivity index (χ4v) is 2.83. The SMILES string of the molecule is CN(Cc1cncs1)c1ccc(OCc2ccccc2)cc1. The van der Waals surface area contributed by atoms with Crippen molar-refractivity contribution in [3.63, 3.8) is 0 Å². The van der Waals surface area contributed by atoms with Gasteiger partial charge in [-0.25, -0.2) is 0 Å². The first kappa shape index (κ1) is 14.6. The molecular formula is C18H18N2OS. The molecule has 2 aromatic carbocycles. The van der Waals surface area contributed by atoms with Crippen molar-refractivity contribution in [2.24, 2.45) is 0 Å². The molecular weight excluding hydrogens is 292 g/mol. The number of rotatable bonds is 6. The Morgan fingerprint density at radius 3 is 2.50 bits per heavy atom. The summed E-state index contributed by atoms with van der Waals surface area (Å²) in [5.41, 5.74) is 4.21. The van der Waals surface area contributed by atoms with E-state index in [1.54, 1.807) is 11.3 Å². The van der Waals surface area contributed by atoms with Crippen LogP contribution in [0.5, 0.6) is 5.75 Å². The zero-order valence-electron chi connectivity index (χ0n) is 12.5. The molecule has 4 heteroatoms. The molecule has 0 radical (unpaired) electrons. The average molecular weight is 310 g/mol. The van der Waals surface area contributed by atoms with Gasteiger partial charge in [-0.05, 0) is 29.8 Å². The van der Waals surface area contributed by atoms with Crippen LogP contribution in [-0.4, -0.2) is 12.0 Å². The van der Waals surface area contributed by atoms with Crippen molar-refractivity contribution in [1.82, 2.24) is 4.98 Å². The van der Waals surface area contributed by atoms with Crippen molar-refractivity contribution in [3.8, 4) is 5.75 Å². The molecule has 1 heterocycles. The van der Waals surface area contributed by atoms with Gasteiger partial charge < -0.3 is 9.64 Å². The molecule has 3 rings (SSSR count). The highest BCUT2D eigenvalue weighted by Gasteiger charge is 2.04. The van der Waals surface area contributed by atoms with Crippen molar-refractivity contribution in [3.05, 3.63) is 76.7 Å². The lowest BCUT2D eigenvalue weighted by Gasteiger charge is -2.18. The van der Waals surface area contributed by atoms with Crippen LogP contribution in [0, 0.1) is 0 Å². The van der Waals surface area contributed by atoms with Gasteiger partial charge in [-0.3, -0.25) is 4.98 Å². The van der Waals surface area contributed by atoms with Crippen LogP contribution in [0.1, 0.15) is 10.4 Å². The van der Waals surface area contributed by atoms with E-state index < -0.39 is 0 Å². The Morgan fingerprint density at radius 1 is 1.05 bits per heavy atom. The third kappa shape index (κ3) is 3.86. The number of ether oxygens (including phenoxy) is 1. The monoisotopic (exact) mass is 310 g/mol. The maximum absolute atomic E-state index is 5.81. The quantitative estimate of drug-likeness (QED) is 0.676. The minimum atomic E-state index is 0.594. The van der Waals surface area contributed by atoms with Crippen LogP contribution >= 0.6 is 11.3 Å². The highest BCUT2D eigenvalue weighted by Crippen LogP contribution is 2.21. The number of thiazole rings is 1. The standard InChI is InChI=1S/C18H18N2OS/c1-20(12-18-11-19-14-22-18)16-7-9-17(10-8-16)21-13-15-5-3-2-4-6-15/h2-11,14H,12-13H2,1H3. The lowest BCUT2D eigenvalue weighted by molar-refractivity contribution is 0.306. The van der Waals surface area contributed by atoms with Crippen LogP contribution in [0.4, 0.5) is 5.69 Å². The summed E-state index contributed by atoms with van der Waals surface area (Å²) in [6.45, 7) is 1.46. The van der Waals surface area contributed by atoms with E-state index >= 15 is 0 Å². The largest absolute Gasteiger partial charge is 0.489 e. The zero-order valence-corrected chi connectivity index (χ0v) is 13.3. The maximum Gasteiger partial charge on any atom is 0.119 e. The molecule has 0 saturated carbocycles. The van der Waals surface area contributed by atoms with Gasteiger partial charge in [-0.1, -0.05) is 30.3 Å². The normalized spacial score (nSPS) is 10.4. The number of aromatic nitrogens is 1. The number of hydrogen-bond acceptors (Lipinski definition) is 4. The van der Waals surface area contributed by atoms with Crippen molar-refractivity contribution in [2.45, 2.75) is 13.2 Å². The second kappa shape index (κ2) is 7.09. The predicted molar refractivity (Wildman–Crippen MR) is 91.4 cm³/mol. The summed E-state index contributed by atoms with van der Waals surface area (Å²) < 4.78 is 5.81. The Labute approximate surface area is 134 Å². The molecule has 0 bridgehead atoms. The minimum Gasteiger partial charge on any atom is -0.489 e. The molecule has 0 aliphatic rings. The van der Waals surface area contributed by atoms with Gasteiger partial charge in [-0.2, -0.15) is 0 Å². The lowest BCUT2D eigenvalue weighted by atomic mass is 10.2. The first-order valence-electron chi connectivity index (χ1n) is 7.16. The molecule has 0 atom stereocenters. The summed E-state index contributed by atoms with van der Waals surface area (Å²) >= 11 is 1.68. The summed E-state index contributed by atoms with van der Waals surface area (Å²) in [6.07, 6.45) is 1.92. The van der Waals surface area contributed by atoms with E-state index in [0.29, 0.717) is 6.61 Å². The maximum atomic E-state index is 5.81. The Hall–Kier alpha value is -2.33. The van der Waals surface area contributed by atoms with Gasteiger partial charge in [-0.15, -0.1) is 11.3 Å². The number of benzene rings is 2. The van der Waals surface area contributed by atoms with E-state index in [4.69, 9.17) is 4.74 Å². The smallest absolute Gasteiger partial charge is 0.119 e. The van der Waals surface area contributed by atoms with Gasteiger partial charge in [0, 0.05) is 23.8 Å². The fourth-order valence-electron chi connectivity index (χ4n) is 2.18. The summed E-state index contributed by atoms with van der Waals surface area (Å²) in [6, 6.07) is 18.4. The predicted octanol–water partition coefficient (Wildman–Crippen LogP) is 4.36. The zero-order chi connectivity index (χ0) is 15.2. The summed E-state index contributed by atoms with van der Waals surface area (Å²) in [5, 5.41) is 0. The topological polar surface area (TPSA) is 25.4 Å². The first-order valence-corrected chi connectivity index (χ1v) is 8.04. The Morgan fingerprint density at radius 2 is 1.82 bits per heavy atom. The van der Waals surface area contributed by atoms with Gasteiger partial charge >= 0.3 is 0 Å². The molecule has 112 valence electrons. The molecule has 0 amide bonds. The highest BCUT2D eigenvalue weighted by molar-refractivity contribution is 7.09. The molecule has 0 unspecified atom stereocenters. The van der Waals surface area contributed by atoms with E-state index in [-0.39, 0.29) is 0 Å². The Balaban J connectivity index is 1.58. The molecule has 0 aliphatic carbocycles. The van der Waals surface area contributed by atoms with E-state index in [1.165, 1.54) is 16.1 Å². The van der Waals surface area contributed by atoms with Crippen LogP contribution in [0.15, 0.2) is 66.3 Å². The van der Waals surface area contributed by atoms with Crippen LogP contribution in [0.2, 0.25) is 0 Å². The summed E-state index contributed by atoms with van der Waals surface area (Å²) in [7, 11) is 2.08. The van der Waals surface area contributed by atoms with E-state index in [1.807, 2.05) is 42.0 Å². The number of hydrogen-bond donors (Lipinski definition) is 0. The molecule has 0 aliphatic heterocycles. The minimum absolute atomic E-state index is 0.594. The summed E-state index contributed by atoms with van der Waals surface area (Å²) in [5.74, 6) is 0.888. The third-order valence-electron chi connectivity index (χ3n) is 3.40. The van der Waals surface area contributed by atoms with E-state index in [0.717, 1.165) is 12.3 Å². The van der Waals surface area contributed by atoms with Gasteiger partial charge in [0.05, 0.1) is 12.1 Å². The molecule has 3 nitrogen and oxygen atoms in total. The van der Waals surface area contributed by atoms with Gasteiger partial charge in [0.1, 0.15) is 12.4 Å². The van der Waals surface area contributed by atoms with Crippen molar-refractivity contribution < 1.29 is 4.74 Å². The second-order valence-electron chi connectivity index (χ2n) is 5.09. The van der Waals surface area contributed by atoms with Gasteiger partial charge in [0.15, 0.2) is 0 Å². The Bertz CT molecular complexity index is 681. The van der Waals surface area contributed by atoms with Gasteiger partial charge in [0.2, 0.25) is 0 Å². The second-order valence-corrected chi connectivity index (χ2v) is 6.06. The molecule has 1 aromatic heterocycles. The number of nitrogens with zero attached hydrogens (tertiary/aromatic N) is 2. The van der Waals surface area contributed by atoms with Crippen LogP contribution in [-0.2, 0) is 13.2 Å². The first-order chi connectivity index (χ1) is 10.8. The van der Waals surface area contributed by atoms with Crippen LogP contribution < -0.4 is 9.64 Å². The highest BCUT2D eigenvalue weighted by atomic mass is 32.1. The average Bonchev–Trinajstić information content (AvgIpc) is 3.07. The fraction of sp³-hybridized carbons (Fsp3) is 0.167. The van der Waals surface area contributed by atoms with Crippen LogP contribution in [0.3, 0.4) is 0 Å². The van der Waals surface area contributed by atoms with Crippen LogP contribution in [0.25, 0.3) is 0 Å². The molecule has 0 spiro atoms. The van der Waals surface area contributed by atoms with Crippen molar-refractivity contribution in [1.29, 1.82) is 0 Å². The van der Waals surface area contributed by atoms with Crippen molar-refractivity contribution >= 4 is 17.0 Å². The summed E-state index contributed by atoms with van der Waals surface area (Å²) in [4.78, 5) is 7.57. The number of anilines is 1. The molecule has 0 fully saturated rings. The van der Waals surface area contributed by atoms with E-state index in [9.17, 15) is 0 Å². The lowest BCUT2D eigenvalue weighted by Crippen LogP contribution is -2.15. The molecule has 3 aromatic rings.